The van der Waals surface area contributed by atoms with Crippen LogP contribution in [0.1, 0.15) is 5.56 Å². The first-order valence-corrected chi connectivity index (χ1v) is 6.57. The number of aromatic nitrogens is 1. The summed E-state index contributed by atoms with van der Waals surface area (Å²) in [6.07, 6.45) is -2.62. The average Bonchev–Trinajstić information content (AvgIpc) is 2.78. The van der Waals surface area contributed by atoms with Crippen LogP contribution in [0.3, 0.4) is 0 Å². The Bertz CT molecular complexity index is 528. The zero-order valence-corrected chi connectivity index (χ0v) is 11.8. The van der Waals surface area contributed by atoms with Gasteiger partial charge in [0.1, 0.15) is 10.4 Å². The number of nitrogens with zero attached hydrogens (tertiary/aromatic N) is 2. The first kappa shape index (κ1) is 14.8. The van der Waals surface area contributed by atoms with E-state index in [1.807, 2.05) is 6.07 Å². The molecule has 4 nitrogen and oxygen atoms in total. The van der Waals surface area contributed by atoms with Gasteiger partial charge in [-0.2, -0.15) is 13.2 Å². The Morgan fingerprint density at radius 1 is 1.50 bits per heavy atom. The Morgan fingerprint density at radius 3 is 2.85 bits per heavy atom. The average molecular weight is 350 g/mol. The lowest BCUT2D eigenvalue weighted by molar-refractivity contribution is -0.165. The summed E-state index contributed by atoms with van der Waals surface area (Å²) in [6.45, 7) is 1.43. The van der Waals surface area contributed by atoms with Crippen LogP contribution in [0.15, 0.2) is 34.8 Å². The van der Waals surface area contributed by atoms with Gasteiger partial charge in [0, 0.05) is 31.9 Å². The summed E-state index contributed by atoms with van der Waals surface area (Å²) in [5.41, 5.74) is 0.849. The number of nitrogens with one attached hydrogen (secondary N) is 1. The van der Waals surface area contributed by atoms with Crippen molar-refractivity contribution >= 4 is 21.7 Å². The van der Waals surface area contributed by atoms with Crippen LogP contribution in [0.4, 0.5) is 13.2 Å². The number of pyridine rings is 1. The van der Waals surface area contributed by atoms with Crippen LogP contribution in [0.5, 0.6) is 0 Å². The van der Waals surface area contributed by atoms with Gasteiger partial charge in [-0.3, -0.25) is 4.79 Å². The van der Waals surface area contributed by atoms with Crippen LogP contribution in [0.25, 0.3) is 0 Å². The normalized spacial score (nSPS) is 17.4. The van der Waals surface area contributed by atoms with Gasteiger partial charge in [-0.1, -0.05) is 6.07 Å². The Hall–Kier alpha value is -1.57. The van der Waals surface area contributed by atoms with Gasteiger partial charge in [-0.15, -0.1) is 0 Å². The minimum absolute atomic E-state index is 0.190. The molecular weight excluding hydrogens is 339 g/mol. The summed E-state index contributed by atoms with van der Waals surface area (Å²) in [5.74, 6) is -1.67. The van der Waals surface area contributed by atoms with Crippen LogP contribution >= 0.6 is 15.9 Å². The van der Waals surface area contributed by atoms with Crippen molar-refractivity contribution < 1.29 is 18.0 Å². The van der Waals surface area contributed by atoms with Crippen LogP contribution in [0.2, 0.25) is 0 Å². The van der Waals surface area contributed by atoms with E-state index in [1.54, 1.807) is 17.2 Å². The highest BCUT2D eigenvalue weighted by atomic mass is 79.9. The molecule has 2 heterocycles. The maximum absolute atomic E-state index is 12.2. The second kappa shape index (κ2) is 5.82. The summed E-state index contributed by atoms with van der Waals surface area (Å²) >= 11 is 3.21. The predicted molar refractivity (Wildman–Crippen MR) is 69.5 cm³/mol. The van der Waals surface area contributed by atoms with Gasteiger partial charge in [-0.25, -0.2) is 4.98 Å². The molecule has 1 aromatic rings. The molecule has 0 unspecified atom stereocenters. The quantitative estimate of drug-likeness (QED) is 0.671. The highest BCUT2D eigenvalue weighted by Crippen LogP contribution is 2.20. The molecule has 0 radical (unpaired) electrons. The molecule has 0 amide bonds. The van der Waals surface area contributed by atoms with Crippen molar-refractivity contribution in [1.82, 2.24) is 15.2 Å². The molecule has 2 rings (SSSR count). The summed E-state index contributed by atoms with van der Waals surface area (Å²) in [4.78, 5) is 16.7. The fraction of sp³-hybridized carbons (Fsp3) is 0.333. The standard InChI is InChI=1S/C12H11BrF3N3O/c13-10-2-1-8(6-18-10)7-19-4-3-17-11(19)5-9(20)12(14,15)16/h1-2,5-6,17H,3-4,7H2/b11-5+. The Morgan fingerprint density at radius 2 is 2.25 bits per heavy atom. The van der Waals surface area contributed by atoms with Gasteiger partial charge in [0.2, 0.25) is 0 Å². The third kappa shape index (κ3) is 3.72. The van der Waals surface area contributed by atoms with Crippen LogP contribution in [-0.4, -0.2) is 34.9 Å². The van der Waals surface area contributed by atoms with Gasteiger partial charge in [-0.05, 0) is 27.6 Å². The van der Waals surface area contributed by atoms with E-state index in [0.29, 0.717) is 30.3 Å². The second-order valence-corrected chi connectivity index (χ2v) is 5.04. The van der Waals surface area contributed by atoms with Crippen molar-refractivity contribution in [2.75, 3.05) is 13.1 Å². The van der Waals surface area contributed by atoms with Gasteiger partial charge in [0.15, 0.2) is 0 Å². The number of hydrogen-bond acceptors (Lipinski definition) is 4. The van der Waals surface area contributed by atoms with Crippen LogP contribution in [-0.2, 0) is 11.3 Å². The fourth-order valence-electron chi connectivity index (χ4n) is 1.78. The van der Waals surface area contributed by atoms with Crippen LogP contribution < -0.4 is 5.32 Å². The third-order valence-corrected chi connectivity index (χ3v) is 3.21. The molecule has 1 aliphatic heterocycles. The van der Waals surface area contributed by atoms with E-state index in [9.17, 15) is 18.0 Å². The first-order chi connectivity index (χ1) is 9.36. The largest absolute Gasteiger partial charge is 0.454 e. The molecule has 20 heavy (non-hydrogen) atoms. The fourth-order valence-corrected chi connectivity index (χ4v) is 2.02. The number of carbonyl (C=O) groups excluding carboxylic acids is 1. The smallest absolute Gasteiger partial charge is 0.370 e. The Kier molecular flexibility index (Phi) is 4.32. The van der Waals surface area contributed by atoms with Gasteiger partial charge in [0.25, 0.3) is 5.78 Å². The Labute approximate surface area is 121 Å². The van der Waals surface area contributed by atoms with Crippen molar-refractivity contribution in [1.29, 1.82) is 0 Å². The SMILES string of the molecule is O=C(/C=C1\NCCN1Cc1ccc(Br)nc1)C(F)(F)F. The summed E-state index contributed by atoms with van der Waals surface area (Å²) in [5, 5.41) is 2.78. The molecule has 1 fully saturated rings. The van der Waals surface area contributed by atoms with Gasteiger partial charge >= 0.3 is 6.18 Å². The maximum Gasteiger partial charge on any atom is 0.454 e. The lowest BCUT2D eigenvalue weighted by Gasteiger charge is -2.18. The molecule has 0 aliphatic carbocycles. The van der Waals surface area contributed by atoms with Crippen molar-refractivity contribution in [3.63, 3.8) is 0 Å². The van der Waals surface area contributed by atoms with Crippen LogP contribution in [0, 0.1) is 0 Å². The zero-order valence-electron chi connectivity index (χ0n) is 10.2. The highest BCUT2D eigenvalue weighted by Gasteiger charge is 2.37. The third-order valence-electron chi connectivity index (χ3n) is 2.74. The highest BCUT2D eigenvalue weighted by molar-refractivity contribution is 9.10. The predicted octanol–water partition coefficient (Wildman–Crippen LogP) is 2.22. The summed E-state index contributed by atoms with van der Waals surface area (Å²) in [6, 6.07) is 3.57. The molecule has 1 N–H and O–H groups in total. The van der Waals surface area contributed by atoms with E-state index in [4.69, 9.17) is 0 Å². The minimum Gasteiger partial charge on any atom is -0.370 e. The summed E-state index contributed by atoms with van der Waals surface area (Å²) in [7, 11) is 0. The molecule has 0 spiro atoms. The molecule has 0 atom stereocenters. The van der Waals surface area contributed by atoms with E-state index >= 15 is 0 Å². The molecular formula is C12H11BrF3N3O. The van der Waals surface area contributed by atoms with E-state index in [2.05, 4.69) is 26.2 Å². The number of allylic oxidation sites excluding steroid dienone is 1. The lowest BCUT2D eigenvalue weighted by Crippen LogP contribution is -2.25. The number of hydrogen-bond donors (Lipinski definition) is 1. The molecule has 0 bridgehead atoms. The Balaban J connectivity index is 2.09. The number of carbonyl (C=O) groups is 1. The lowest BCUT2D eigenvalue weighted by atomic mass is 10.2. The minimum atomic E-state index is -4.85. The zero-order chi connectivity index (χ0) is 14.8. The first-order valence-electron chi connectivity index (χ1n) is 5.78. The van der Waals surface area contributed by atoms with E-state index in [0.717, 1.165) is 5.56 Å². The van der Waals surface area contributed by atoms with Crippen molar-refractivity contribution in [3.8, 4) is 0 Å². The topological polar surface area (TPSA) is 45.2 Å². The number of rotatable bonds is 3. The summed E-state index contributed by atoms with van der Waals surface area (Å²) < 4.78 is 37.4. The van der Waals surface area contributed by atoms with Crippen molar-refractivity contribution in [2.24, 2.45) is 0 Å². The molecule has 8 heteroatoms. The number of alkyl halides is 3. The molecule has 0 aromatic carbocycles. The number of halogens is 4. The monoisotopic (exact) mass is 349 g/mol. The molecule has 108 valence electrons. The van der Waals surface area contributed by atoms with E-state index in [1.165, 1.54) is 0 Å². The maximum atomic E-state index is 12.2. The van der Waals surface area contributed by atoms with Crippen molar-refractivity contribution in [2.45, 2.75) is 12.7 Å². The number of ketones is 1. The van der Waals surface area contributed by atoms with E-state index < -0.39 is 12.0 Å². The second-order valence-electron chi connectivity index (χ2n) is 4.23. The molecule has 1 aromatic heterocycles. The molecule has 1 saturated heterocycles. The van der Waals surface area contributed by atoms with Gasteiger partial charge in [0.05, 0.1) is 0 Å². The van der Waals surface area contributed by atoms with Crippen molar-refractivity contribution in [3.05, 3.63) is 40.4 Å². The van der Waals surface area contributed by atoms with Gasteiger partial charge < -0.3 is 10.2 Å². The van der Waals surface area contributed by atoms with E-state index in [-0.39, 0.29) is 5.82 Å². The molecule has 0 saturated carbocycles. The molecule has 1 aliphatic rings.